The number of carbonyl (C=O) groups excluding carboxylic acids is 2. The Labute approximate surface area is 107 Å². The van der Waals surface area contributed by atoms with Crippen molar-refractivity contribution < 1.29 is 9.59 Å². The molecule has 2 aliphatic rings. The van der Waals surface area contributed by atoms with Gasteiger partial charge in [-0.25, -0.2) is 0 Å². The summed E-state index contributed by atoms with van der Waals surface area (Å²) in [5.74, 6) is 0.0964. The SMILES string of the molecule is CC(C(=O)NCCCC(=O)NC1CC1)=C1CNC1. The molecule has 0 aromatic heterocycles. The fourth-order valence-corrected chi connectivity index (χ4v) is 1.79. The van der Waals surface area contributed by atoms with Crippen molar-refractivity contribution in [1.29, 1.82) is 0 Å². The third-order valence-electron chi connectivity index (χ3n) is 3.36. The monoisotopic (exact) mass is 251 g/mol. The highest BCUT2D eigenvalue weighted by molar-refractivity contribution is 5.93. The molecule has 0 aromatic rings. The van der Waals surface area contributed by atoms with Gasteiger partial charge in [0.15, 0.2) is 0 Å². The van der Waals surface area contributed by atoms with Crippen LogP contribution in [0.1, 0.15) is 32.6 Å². The Kier molecular flexibility index (Phi) is 4.36. The summed E-state index contributed by atoms with van der Waals surface area (Å²) in [4.78, 5) is 23.1. The maximum atomic E-state index is 11.7. The van der Waals surface area contributed by atoms with Crippen molar-refractivity contribution in [3.8, 4) is 0 Å². The van der Waals surface area contributed by atoms with E-state index in [2.05, 4.69) is 16.0 Å². The molecule has 0 radical (unpaired) electrons. The Morgan fingerprint density at radius 1 is 1.33 bits per heavy atom. The summed E-state index contributed by atoms with van der Waals surface area (Å²) in [5, 5.41) is 8.90. The van der Waals surface area contributed by atoms with Crippen LogP contribution < -0.4 is 16.0 Å². The van der Waals surface area contributed by atoms with Gasteiger partial charge in [-0.05, 0) is 31.8 Å². The maximum absolute atomic E-state index is 11.7. The minimum Gasteiger partial charge on any atom is -0.353 e. The average Bonchev–Trinajstić information content (AvgIpc) is 3.05. The molecule has 1 aliphatic heterocycles. The average molecular weight is 251 g/mol. The van der Waals surface area contributed by atoms with Crippen molar-refractivity contribution in [1.82, 2.24) is 16.0 Å². The topological polar surface area (TPSA) is 70.2 Å². The molecular weight excluding hydrogens is 230 g/mol. The molecule has 0 atom stereocenters. The lowest BCUT2D eigenvalue weighted by atomic mass is 10.0. The summed E-state index contributed by atoms with van der Waals surface area (Å²) in [6.45, 7) is 4.06. The molecule has 18 heavy (non-hydrogen) atoms. The van der Waals surface area contributed by atoms with Gasteiger partial charge in [0.1, 0.15) is 0 Å². The standard InChI is InChI=1S/C13H21N3O2/c1-9(10-7-14-8-10)13(18)15-6-2-3-12(17)16-11-4-5-11/h11,14H,2-8H2,1H3,(H,15,18)(H,16,17). The second kappa shape index (κ2) is 6.00. The van der Waals surface area contributed by atoms with E-state index in [1.807, 2.05) is 6.92 Å². The molecule has 5 nitrogen and oxygen atoms in total. The van der Waals surface area contributed by atoms with Crippen molar-refractivity contribution in [2.45, 2.75) is 38.6 Å². The molecule has 1 aliphatic carbocycles. The van der Waals surface area contributed by atoms with Crippen LogP contribution in [0.2, 0.25) is 0 Å². The van der Waals surface area contributed by atoms with Crippen LogP contribution in [0.3, 0.4) is 0 Å². The molecule has 0 unspecified atom stereocenters. The zero-order valence-electron chi connectivity index (χ0n) is 10.8. The summed E-state index contributed by atoms with van der Waals surface area (Å²) in [6.07, 6.45) is 3.42. The Hall–Kier alpha value is -1.36. The van der Waals surface area contributed by atoms with Crippen LogP contribution in [0.4, 0.5) is 0 Å². The Morgan fingerprint density at radius 3 is 2.61 bits per heavy atom. The molecule has 5 heteroatoms. The van der Waals surface area contributed by atoms with E-state index in [0.717, 1.165) is 31.5 Å². The molecular formula is C13H21N3O2. The largest absolute Gasteiger partial charge is 0.353 e. The Morgan fingerprint density at radius 2 is 2.06 bits per heavy atom. The van der Waals surface area contributed by atoms with Gasteiger partial charge in [0.05, 0.1) is 0 Å². The minimum atomic E-state index is -0.00546. The first-order valence-electron chi connectivity index (χ1n) is 6.63. The fraction of sp³-hybridized carbons (Fsp3) is 0.692. The second-order valence-electron chi connectivity index (χ2n) is 5.03. The molecule has 1 saturated carbocycles. The minimum absolute atomic E-state index is 0.00546. The van der Waals surface area contributed by atoms with Gasteiger partial charge in [-0.15, -0.1) is 0 Å². The molecule has 2 fully saturated rings. The molecule has 0 bridgehead atoms. The van der Waals surface area contributed by atoms with Gasteiger partial charge in [0.25, 0.3) is 0 Å². The van der Waals surface area contributed by atoms with Crippen molar-refractivity contribution >= 4 is 11.8 Å². The zero-order valence-corrected chi connectivity index (χ0v) is 10.8. The van der Waals surface area contributed by atoms with Crippen molar-refractivity contribution in [3.63, 3.8) is 0 Å². The third kappa shape index (κ3) is 3.84. The summed E-state index contributed by atoms with van der Waals surface area (Å²) >= 11 is 0. The van der Waals surface area contributed by atoms with E-state index in [-0.39, 0.29) is 11.8 Å². The molecule has 100 valence electrons. The fourth-order valence-electron chi connectivity index (χ4n) is 1.79. The van der Waals surface area contributed by atoms with E-state index >= 15 is 0 Å². The van der Waals surface area contributed by atoms with E-state index in [0.29, 0.717) is 25.4 Å². The van der Waals surface area contributed by atoms with E-state index in [9.17, 15) is 9.59 Å². The van der Waals surface area contributed by atoms with Crippen LogP contribution in [-0.4, -0.2) is 37.5 Å². The predicted octanol–water partition coefficient (Wildman–Crippen LogP) is 0.0811. The van der Waals surface area contributed by atoms with Gasteiger partial charge < -0.3 is 16.0 Å². The number of rotatable bonds is 6. The molecule has 2 amide bonds. The highest BCUT2D eigenvalue weighted by atomic mass is 16.2. The number of amides is 2. The van der Waals surface area contributed by atoms with Gasteiger partial charge >= 0.3 is 0 Å². The number of hydrogen-bond acceptors (Lipinski definition) is 3. The van der Waals surface area contributed by atoms with Gasteiger partial charge in [0, 0.05) is 37.7 Å². The summed E-state index contributed by atoms with van der Waals surface area (Å²) in [7, 11) is 0. The lowest BCUT2D eigenvalue weighted by molar-refractivity contribution is -0.122. The Bertz CT molecular complexity index is 366. The van der Waals surface area contributed by atoms with Crippen LogP contribution in [0, 0.1) is 0 Å². The van der Waals surface area contributed by atoms with Gasteiger partial charge in [-0.1, -0.05) is 0 Å². The van der Waals surface area contributed by atoms with E-state index in [1.54, 1.807) is 0 Å². The number of hydrogen-bond donors (Lipinski definition) is 3. The van der Waals surface area contributed by atoms with Crippen LogP contribution in [0.15, 0.2) is 11.1 Å². The molecule has 2 rings (SSSR count). The van der Waals surface area contributed by atoms with Gasteiger partial charge in [-0.2, -0.15) is 0 Å². The molecule has 3 N–H and O–H groups in total. The first kappa shape index (κ1) is 13.1. The van der Waals surface area contributed by atoms with Gasteiger partial charge in [0.2, 0.25) is 11.8 Å². The quantitative estimate of drug-likeness (QED) is 0.462. The van der Waals surface area contributed by atoms with Crippen LogP contribution in [-0.2, 0) is 9.59 Å². The normalized spacial score (nSPS) is 17.9. The van der Waals surface area contributed by atoms with Crippen LogP contribution >= 0.6 is 0 Å². The third-order valence-corrected chi connectivity index (χ3v) is 3.36. The van der Waals surface area contributed by atoms with Crippen LogP contribution in [0.25, 0.3) is 0 Å². The molecule has 0 spiro atoms. The molecule has 1 saturated heterocycles. The second-order valence-corrected chi connectivity index (χ2v) is 5.03. The number of carbonyl (C=O) groups is 2. The van der Waals surface area contributed by atoms with Crippen molar-refractivity contribution in [2.75, 3.05) is 19.6 Å². The summed E-state index contributed by atoms with van der Waals surface area (Å²) in [5.41, 5.74) is 2.00. The highest BCUT2D eigenvalue weighted by Gasteiger charge is 2.22. The summed E-state index contributed by atoms with van der Waals surface area (Å²) in [6, 6.07) is 0.421. The lowest BCUT2D eigenvalue weighted by Gasteiger charge is -2.21. The smallest absolute Gasteiger partial charge is 0.246 e. The van der Waals surface area contributed by atoms with Crippen LogP contribution in [0.5, 0.6) is 0 Å². The van der Waals surface area contributed by atoms with Crippen molar-refractivity contribution in [2.24, 2.45) is 0 Å². The summed E-state index contributed by atoms with van der Waals surface area (Å²) < 4.78 is 0. The maximum Gasteiger partial charge on any atom is 0.246 e. The highest BCUT2D eigenvalue weighted by Crippen LogP contribution is 2.18. The van der Waals surface area contributed by atoms with E-state index in [4.69, 9.17) is 0 Å². The molecule has 0 aromatic carbocycles. The Balaban J connectivity index is 1.57. The zero-order chi connectivity index (χ0) is 13.0. The first-order valence-corrected chi connectivity index (χ1v) is 6.63. The first-order chi connectivity index (χ1) is 8.66. The van der Waals surface area contributed by atoms with E-state index in [1.165, 1.54) is 5.57 Å². The van der Waals surface area contributed by atoms with Gasteiger partial charge in [-0.3, -0.25) is 9.59 Å². The predicted molar refractivity (Wildman–Crippen MR) is 69.0 cm³/mol. The number of nitrogens with one attached hydrogen (secondary N) is 3. The molecule has 1 heterocycles. The van der Waals surface area contributed by atoms with E-state index < -0.39 is 0 Å². The lowest BCUT2D eigenvalue weighted by Crippen LogP contribution is -2.38. The van der Waals surface area contributed by atoms with Crippen molar-refractivity contribution in [3.05, 3.63) is 11.1 Å².